The molecule has 0 bridgehead atoms. The average Bonchev–Trinajstić information content (AvgIpc) is 3.66. The number of H-pyrrole nitrogens is 1. The highest BCUT2D eigenvalue weighted by molar-refractivity contribution is 5.61. The minimum Gasteiger partial charge on any atom is -0.378 e. The number of ether oxygens (including phenoxy) is 1. The van der Waals surface area contributed by atoms with Gasteiger partial charge in [-0.25, -0.2) is 9.97 Å². The monoisotopic (exact) mass is 474 g/mol. The zero-order valence-electron chi connectivity index (χ0n) is 19.4. The molecule has 2 aliphatic heterocycles. The first-order chi connectivity index (χ1) is 17.2. The van der Waals surface area contributed by atoms with Gasteiger partial charge in [-0.15, -0.1) is 0 Å². The Balaban J connectivity index is 1.32. The van der Waals surface area contributed by atoms with Crippen molar-refractivity contribution in [3.05, 3.63) is 48.1 Å². The molecule has 2 aliphatic rings. The molecule has 2 saturated heterocycles. The third kappa shape index (κ3) is 4.52. The fourth-order valence-electron chi connectivity index (χ4n) is 4.47. The van der Waals surface area contributed by atoms with E-state index in [9.17, 15) is 0 Å². The summed E-state index contributed by atoms with van der Waals surface area (Å²) < 4.78 is 11.3. The van der Waals surface area contributed by atoms with Crippen LogP contribution in [0.25, 0.3) is 11.5 Å². The second-order valence-corrected chi connectivity index (χ2v) is 8.61. The van der Waals surface area contributed by atoms with E-state index >= 15 is 0 Å². The third-order valence-electron chi connectivity index (χ3n) is 6.16. The van der Waals surface area contributed by atoms with Crippen LogP contribution >= 0.6 is 0 Å². The topological polar surface area (TPSA) is 134 Å². The van der Waals surface area contributed by atoms with Crippen LogP contribution in [0.3, 0.4) is 0 Å². The molecule has 12 heteroatoms. The number of aromatic amines is 1. The van der Waals surface area contributed by atoms with Crippen LogP contribution in [0.5, 0.6) is 0 Å². The van der Waals surface area contributed by atoms with E-state index in [1.165, 1.54) is 0 Å². The molecule has 0 radical (unpaired) electrons. The van der Waals surface area contributed by atoms with Gasteiger partial charge in [0, 0.05) is 55.9 Å². The number of morpholine rings is 1. The number of hydrogen-bond acceptors (Lipinski definition) is 11. The molecule has 4 aromatic heterocycles. The van der Waals surface area contributed by atoms with Crippen molar-refractivity contribution in [2.24, 2.45) is 0 Å². The molecule has 180 valence electrons. The van der Waals surface area contributed by atoms with Crippen LogP contribution in [0.1, 0.15) is 30.3 Å². The predicted octanol–water partition coefficient (Wildman–Crippen LogP) is 2.87. The highest BCUT2D eigenvalue weighted by atomic mass is 16.5. The second-order valence-electron chi connectivity index (χ2n) is 8.61. The lowest BCUT2D eigenvalue weighted by Crippen LogP contribution is -2.37. The van der Waals surface area contributed by atoms with Gasteiger partial charge in [-0.2, -0.15) is 15.1 Å². The number of nitrogens with one attached hydrogen (secondary N) is 2. The fraction of sp³-hybridized carbons (Fsp3) is 0.391. The molecule has 0 aliphatic carbocycles. The molecule has 0 amide bonds. The van der Waals surface area contributed by atoms with E-state index in [0.717, 1.165) is 49.7 Å². The molecular formula is C23H26N10O2. The second kappa shape index (κ2) is 9.29. The Kier molecular flexibility index (Phi) is 5.70. The number of aromatic nitrogens is 7. The molecule has 12 nitrogen and oxygen atoms in total. The minimum absolute atomic E-state index is 0.0274. The van der Waals surface area contributed by atoms with E-state index in [2.05, 4.69) is 40.4 Å². The van der Waals surface area contributed by atoms with E-state index < -0.39 is 0 Å². The lowest BCUT2D eigenvalue weighted by Gasteiger charge is -2.30. The first kappa shape index (κ1) is 21.5. The van der Waals surface area contributed by atoms with Gasteiger partial charge < -0.3 is 24.4 Å². The Hall–Kier alpha value is -4.06. The van der Waals surface area contributed by atoms with Crippen LogP contribution in [0, 0.1) is 6.92 Å². The minimum atomic E-state index is -0.0274. The van der Waals surface area contributed by atoms with Crippen LogP contribution < -0.4 is 15.1 Å². The summed E-state index contributed by atoms with van der Waals surface area (Å²) in [5.74, 6) is 4.18. The molecule has 1 unspecified atom stereocenters. The molecule has 2 fully saturated rings. The van der Waals surface area contributed by atoms with Crippen molar-refractivity contribution in [2.45, 2.75) is 25.8 Å². The Bertz CT molecular complexity index is 1280. The summed E-state index contributed by atoms with van der Waals surface area (Å²) in [5, 5.41) is 14.8. The van der Waals surface area contributed by atoms with Crippen LogP contribution in [0.2, 0.25) is 0 Å². The largest absolute Gasteiger partial charge is 0.378 e. The maximum Gasteiger partial charge on any atom is 0.229 e. The standard InChI is InChI=1S/C23H26N10O2/c1-15-12-20(30-29-15)26-19-14-21(32-8-10-34-11-9-32)28-23(27-19)33-7-2-4-17(33)18-13-16(31-35-18)22-24-5-3-6-25-22/h3,5-6,12-14,17H,2,4,7-11H2,1H3,(H2,26,27,28,29,30). The first-order valence-electron chi connectivity index (χ1n) is 11.7. The zero-order valence-corrected chi connectivity index (χ0v) is 19.4. The Labute approximate surface area is 201 Å². The van der Waals surface area contributed by atoms with Crippen LogP contribution in [-0.2, 0) is 4.74 Å². The van der Waals surface area contributed by atoms with Gasteiger partial charge in [0.25, 0.3) is 0 Å². The van der Waals surface area contributed by atoms with Crippen molar-refractivity contribution >= 4 is 23.4 Å². The quantitative estimate of drug-likeness (QED) is 0.427. The molecule has 0 saturated carbocycles. The van der Waals surface area contributed by atoms with E-state index in [1.54, 1.807) is 18.5 Å². The fourth-order valence-corrected chi connectivity index (χ4v) is 4.47. The number of anilines is 4. The van der Waals surface area contributed by atoms with E-state index in [1.807, 2.05) is 25.1 Å². The molecule has 0 aromatic carbocycles. The van der Waals surface area contributed by atoms with Crippen molar-refractivity contribution in [2.75, 3.05) is 48.0 Å². The van der Waals surface area contributed by atoms with Gasteiger partial charge in [0.05, 0.1) is 19.3 Å². The number of nitrogens with zero attached hydrogens (tertiary/aromatic N) is 8. The summed E-state index contributed by atoms with van der Waals surface area (Å²) in [5.41, 5.74) is 1.59. The van der Waals surface area contributed by atoms with Crippen molar-refractivity contribution in [1.82, 2.24) is 35.3 Å². The first-order valence-corrected chi connectivity index (χ1v) is 11.7. The smallest absolute Gasteiger partial charge is 0.229 e. The van der Waals surface area contributed by atoms with E-state index in [4.69, 9.17) is 19.2 Å². The van der Waals surface area contributed by atoms with Gasteiger partial charge in [0.2, 0.25) is 5.95 Å². The van der Waals surface area contributed by atoms with Crippen LogP contribution in [0.15, 0.2) is 41.2 Å². The maximum atomic E-state index is 5.75. The molecule has 4 aromatic rings. The zero-order chi connectivity index (χ0) is 23.6. The van der Waals surface area contributed by atoms with Crippen LogP contribution in [0.4, 0.5) is 23.4 Å². The molecule has 1 atom stereocenters. The van der Waals surface area contributed by atoms with Gasteiger partial charge in [0.1, 0.15) is 11.6 Å². The van der Waals surface area contributed by atoms with Gasteiger partial charge in [-0.3, -0.25) is 5.10 Å². The number of rotatable bonds is 6. The van der Waals surface area contributed by atoms with Gasteiger partial charge in [-0.05, 0) is 25.8 Å². The SMILES string of the molecule is Cc1cc(Nc2cc(N3CCOCC3)nc(N3CCCC3c3cc(-c4ncccn4)no3)n2)n[nH]1. The molecule has 6 heterocycles. The van der Waals surface area contributed by atoms with Gasteiger partial charge in [0.15, 0.2) is 23.1 Å². The molecule has 6 rings (SSSR count). The Morgan fingerprint density at radius 2 is 1.89 bits per heavy atom. The molecular weight excluding hydrogens is 448 g/mol. The number of aryl methyl sites for hydroxylation is 1. The van der Waals surface area contributed by atoms with E-state index in [0.29, 0.717) is 42.3 Å². The summed E-state index contributed by atoms with van der Waals surface area (Å²) >= 11 is 0. The van der Waals surface area contributed by atoms with Crippen molar-refractivity contribution in [3.63, 3.8) is 0 Å². The van der Waals surface area contributed by atoms with Crippen molar-refractivity contribution < 1.29 is 9.26 Å². The molecule has 0 spiro atoms. The third-order valence-corrected chi connectivity index (χ3v) is 6.16. The highest BCUT2D eigenvalue weighted by Gasteiger charge is 2.32. The molecule has 35 heavy (non-hydrogen) atoms. The maximum absolute atomic E-state index is 5.75. The summed E-state index contributed by atoms with van der Waals surface area (Å²) in [6.45, 7) is 5.69. The van der Waals surface area contributed by atoms with Crippen molar-refractivity contribution in [1.29, 1.82) is 0 Å². The Morgan fingerprint density at radius 1 is 1.03 bits per heavy atom. The van der Waals surface area contributed by atoms with Crippen molar-refractivity contribution in [3.8, 4) is 11.5 Å². The summed E-state index contributed by atoms with van der Waals surface area (Å²) in [7, 11) is 0. The van der Waals surface area contributed by atoms with Crippen LogP contribution in [-0.4, -0.2) is 68.1 Å². The lowest BCUT2D eigenvalue weighted by molar-refractivity contribution is 0.122. The summed E-state index contributed by atoms with van der Waals surface area (Å²) in [6.07, 6.45) is 5.30. The van der Waals surface area contributed by atoms with Gasteiger partial charge >= 0.3 is 0 Å². The summed E-state index contributed by atoms with van der Waals surface area (Å²) in [4.78, 5) is 22.8. The normalized spacial score (nSPS) is 18.3. The molecule has 2 N–H and O–H groups in total. The van der Waals surface area contributed by atoms with E-state index in [-0.39, 0.29) is 6.04 Å². The lowest BCUT2D eigenvalue weighted by atomic mass is 10.1. The number of hydrogen-bond donors (Lipinski definition) is 2. The predicted molar refractivity (Wildman–Crippen MR) is 129 cm³/mol. The van der Waals surface area contributed by atoms with Gasteiger partial charge in [-0.1, -0.05) is 5.16 Å². The highest BCUT2D eigenvalue weighted by Crippen LogP contribution is 2.37. The average molecular weight is 475 g/mol. The Morgan fingerprint density at radius 3 is 2.69 bits per heavy atom. The summed E-state index contributed by atoms with van der Waals surface area (Å²) in [6, 6.07) is 7.56.